The maximum absolute atomic E-state index is 12.0. The summed E-state index contributed by atoms with van der Waals surface area (Å²) < 4.78 is 10.1. The quantitative estimate of drug-likeness (QED) is 0.493. The first-order valence-corrected chi connectivity index (χ1v) is 6.27. The lowest BCUT2D eigenvalue weighted by Crippen LogP contribution is -2.19. The Morgan fingerprint density at radius 2 is 2.36 bits per heavy atom. The Morgan fingerprint density at radius 1 is 1.55 bits per heavy atom. The highest BCUT2D eigenvalue weighted by atomic mass is 16.6. The molecular formula is C13H12N4O5. The van der Waals surface area contributed by atoms with Crippen LogP contribution in [0.4, 0.5) is 5.88 Å². The second-order valence-electron chi connectivity index (χ2n) is 3.92. The van der Waals surface area contributed by atoms with Crippen LogP contribution in [-0.4, -0.2) is 28.6 Å². The first-order valence-electron chi connectivity index (χ1n) is 6.27. The third-order valence-electron chi connectivity index (χ3n) is 2.45. The highest BCUT2D eigenvalue weighted by molar-refractivity contribution is 5.96. The molecule has 114 valence electrons. The van der Waals surface area contributed by atoms with Gasteiger partial charge in [-0.2, -0.15) is 5.10 Å². The Labute approximate surface area is 124 Å². The Balaban J connectivity index is 2.03. The van der Waals surface area contributed by atoms with E-state index in [1.165, 1.54) is 18.3 Å². The molecule has 22 heavy (non-hydrogen) atoms. The first-order chi connectivity index (χ1) is 10.6. The molecule has 0 aliphatic rings. The van der Waals surface area contributed by atoms with Gasteiger partial charge in [-0.3, -0.25) is 14.9 Å². The van der Waals surface area contributed by atoms with Crippen LogP contribution in [0.15, 0.2) is 40.0 Å². The Bertz CT molecular complexity index is 710. The molecule has 2 heterocycles. The number of furan rings is 1. The van der Waals surface area contributed by atoms with Crippen LogP contribution in [0, 0.1) is 10.1 Å². The molecule has 1 N–H and O–H groups in total. The van der Waals surface area contributed by atoms with Crippen LogP contribution >= 0.6 is 0 Å². The first kappa shape index (κ1) is 15.2. The molecule has 9 nitrogen and oxygen atoms in total. The third kappa shape index (κ3) is 3.66. The standard InChI is InChI=1S/C13H12N4O5/c1-2-21-13-10(4-3-7-14-13)12(18)16-15-8-9-5-6-11(22-9)17(19)20/h3-8H,2H2,1H3,(H,16,18)/b15-8-. The number of hydrazone groups is 1. The number of amides is 1. The Hall–Kier alpha value is -3.23. The molecule has 2 rings (SSSR count). The number of rotatable bonds is 6. The number of nitrogens with one attached hydrogen (secondary N) is 1. The van der Waals surface area contributed by atoms with Crippen LogP contribution in [0.5, 0.6) is 5.88 Å². The summed E-state index contributed by atoms with van der Waals surface area (Å²) in [6.07, 6.45) is 2.66. The molecule has 0 aromatic carbocycles. The van der Waals surface area contributed by atoms with E-state index in [4.69, 9.17) is 9.15 Å². The van der Waals surface area contributed by atoms with E-state index in [2.05, 4.69) is 15.5 Å². The van der Waals surface area contributed by atoms with Crippen molar-refractivity contribution < 1.29 is 18.9 Å². The van der Waals surface area contributed by atoms with Gasteiger partial charge in [0.1, 0.15) is 10.5 Å². The molecule has 0 radical (unpaired) electrons. The van der Waals surface area contributed by atoms with Crippen molar-refractivity contribution in [1.29, 1.82) is 0 Å². The third-order valence-corrected chi connectivity index (χ3v) is 2.45. The lowest BCUT2D eigenvalue weighted by Gasteiger charge is -2.06. The van der Waals surface area contributed by atoms with Crippen molar-refractivity contribution in [2.75, 3.05) is 6.61 Å². The summed E-state index contributed by atoms with van der Waals surface area (Å²) in [4.78, 5) is 25.7. The molecule has 2 aromatic heterocycles. The molecule has 0 spiro atoms. The smallest absolute Gasteiger partial charge is 0.433 e. The van der Waals surface area contributed by atoms with Gasteiger partial charge in [0, 0.05) is 6.20 Å². The van der Waals surface area contributed by atoms with Crippen molar-refractivity contribution in [2.45, 2.75) is 6.92 Å². The van der Waals surface area contributed by atoms with Crippen molar-refractivity contribution in [3.63, 3.8) is 0 Å². The molecule has 0 saturated carbocycles. The molecule has 1 amide bonds. The number of nitrogens with zero attached hydrogens (tertiary/aromatic N) is 3. The average molecular weight is 304 g/mol. The monoisotopic (exact) mass is 304 g/mol. The van der Waals surface area contributed by atoms with E-state index in [1.54, 1.807) is 19.1 Å². The van der Waals surface area contributed by atoms with E-state index >= 15 is 0 Å². The fraction of sp³-hybridized carbons (Fsp3) is 0.154. The minimum absolute atomic E-state index is 0.142. The van der Waals surface area contributed by atoms with E-state index in [9.17, 15) is 14.9 Å². The zero-order valence-corrected chi connectivity index (χ0v) is 11.6. The molecular weight excluding hydrogens is 292 g/mol. The van der Waals surface area contributed by atoms with Crippen LogP contribution in [0.2, 0.25) is 0 Å². The van der Waals surface area contributed by atoms with Gasteiger partial charge in [-0.25, -0.2) is 10.4 Å². The van der Waals surface area contributed by atoms with E-state index in [0.29, 0.717) is 6.61 Å². The highest BCUT2D eigenvalue weighted by Gasteiger charge is 2.13. The van der Waals surface area contributed by atoms with Crippen molar-refractivity contribution in [2.24, 2.45) is 5.10 Å². The molecule has 0 atom stereocenters. The molecule has 2 aromatic rings. The summed E-state index contributed by atoms with van der Waals surface area (Å²) in [5, 5.41) is 14.1. The van der Waals surface area contributed by atoms with Gasteiger partial charge in [0.25, 0.3) is 5.91 Å². The van der Waals surface area contributed by atoms with E-state index < -0.39 is 16.7 Å². The number of hydrogen-bond acceptors (Lipinski definition) is 7. The molecule has 0 bridgehead atoms. The zero-order chi connectivity index (χ0) is 15.9. The van der Waals surface area contributed by atoms with Crippen molar-refractivity contribution in [3.8, 4) is 5.88 Å². The van der Waals surface area contributed by atoms with Crippen LogP contribution in [0.3, 0.4) is 0 Å². The molecule has 0 saturated heterocycles. The number of pyridine rings is 1. The second-order valence-corrected chi connectivity index (χ2v) is 3.92. The molecule has 0 unspecified atom stereocenters. The van der Waals surface area contributed by atoms with Crippen LogP contribution in [0.25, 0.3) is 0 Å². The maximum atomic E-state index is 12.0. The summed E-state index contributed by atoms with van der Waals surface area (Å²) in [6, 6.07) is 5.69. The van der Waals surface area contributed by atoms with Crippen LogP contribution in [-0.2, 0) is 0 Å². The number of aromatic nitrogens is 1. The van der Waals surface area contributed by atoms with Gasteiger partial charge in [-0.15, -0.1) is 0 Å². The van der Waals surface area contributed by atoms with Crippen molar-refractivity contribution >= 4 is 18.0 Å². The van der Waals surface area contributed by atoms with Crippen molar-refractivity contribution in [1.82, 2.24) is 10.4 Å². The van der Waals surface area contributed by atoms with Crippen LogP contribution < -0.4 is 10.2 Å². The Morgan fingerprint density at radius 3 is 3.05 bits per heavy atom. The number of carbonyl (C=O) groups is 1. The van der Waals surface area contributed by atoms with E-state index in [1.807, 2.05) is 0 Å². The van der Waals surface area contributed by atoms with Crippen LogP contribution in [0.1, 0.15) is 23.0 Å². The number of ether oxygens (including phenoxy) is 1. The normalized spacial score (nSPS) is 10.6. The average Bonchev–Trinajstić information content (AvgIpc) is 2.97. The van der Waals surface area contributed by atoms with Gasteiger partial charge in [0.05, 0.1) is 18.9 Å². The topological polar surface area (TPSA) is 120 Å². The largest absolute Gasteiger partial charge is 0.477 e. The number of carbonyl (C=O) groups excluding carboxylic acids is 1. The highest BCUT2D eigenvalue weighted by Crippen LogP contribution is 2.15. The number of nitro groups is 1. The predicted octanol–water partition coefficient (Wildman–Crippen LogP) is 1.75. The maximum Gasteiger partial charge on any atom is 0.433 e. The summed E-state index contributed by atoms with van der Waals surface area (Å²) in [5.74, 6) is -0.581. The minimum Gasteiger partial charge on any atom is -0.477 e. The van der Waals surface area contributed by atoms with Gasteiger partial charge in [-0.05, 0) is 25.1 Å². The number of hydrogen-bond donors (Lipinski definition) is 1. The predicted molar refractivity (Wildman–Crippen MR) is 75.8 cm³/mol. The molecule has 0 aliphatic carbocycles. The second kappa shape index (κ2) is 6.97. The minimum atomic E-state index is -0.667. The van der Waals surface area contributed by atoms with Gasteiger partial charge in [0.15, 0.2) is 5.76 Å². The summed E-state index contributed by atoms with van der Waals surface area (Å²) >= 11 is 0. The van der Waals surface area contributed by atoms with Gasteiger partial charge in [-0.1, -0.05) is 0 Å². The molecule has 0 fully saturated rings. The Kier molecular flexibility index (Phi) is 4.81. The molecule has 9 heteroatoms. The zero-order valence-electron chi connectivity index (χ0n) is 11.6. The summed E-state index contributed by atoms with van der Waals surface area (Å²) in [6.45, 7) is 2.15. The van der Waals surface area contributed by atoms with E-state index in [0.717, 1.165) is 6.21 Å². The van der Waals surface area contributed by atoms with Gasteiger partial charge >= 0.3 is 5.88 Å². The van der Waals surface area contributed by atoms with Crippen molar-refractivity contribution in [3.05, 3.63) is 51.9 Å². The lowest BCUT2D eigenvalue weighted by molar-refractivity contribution is -0.402. The van der Waals surface area contributed by atoms with Gasteiger partial charge < -0.3 is 9.15 Å². The molecule has 0 aliphatic heterocycles. The summed E-state index contributed by atoms with van der Waals surface area (Å²) in [7, 11) is 0. The van der Waals surface area contributed by atoms with E-state index in [-0.39, 0.29) is 17.2 Å². The lowest BCUT2D eigenvalue weighted by atomic mass is 10.2. The van der Waals surface area contributed by atoms with Gasteiger partial charge in [0.2, 0.25) is 5.88 Å². The SMILES string of the molecule is CCOc1ncccc1C(=O)N/N=C\c1ccc([N+](=O)[O-])o1. The fourth-order valence-electron chi connectivity index (χ4n) is 1.54. The summed E-state index contributed by atoms with van der Waals surface area (Å²) in [5.41, 5.74) is 2.49. The fourth-order valence-corrected chi connectivity index (χ4v) is 1.54.